The van der Waals surface area contributed by atoms with Crippen molar-refractivity contribution >= 4 is 5.97 Å². The number of carbonyl (C=O) groups is 1. The quantitative estimate of drug-likeness (QED) is 0.109. The van der Waals surface area contributed by atoms with Crippen molar-refractivity contribution in [2.45, 2.75) is 155 Å². The predicted octanol–water partition coefficient (Wildman–Crippen LogP) is 7.73. The molecule has 0 aromatic carbocycles. The van der Waals surface area contributed by atoms with Gasteiger partial charge in [-0.1, -0.05) is 136 Å². The fraction of sp³-hybridized carbons (Fsp3) is 0.964. The molecular weight excluding hydrogens is 400 g/mol. The van der Waals surface area contributed by atoms with Gasteiger partial charge in [-0.15, -0.1) is 0 Å². The first-order valence-corrected chi connectivity index (χ1v) is 14.0. The van der Waals surface area contributed by atoms with E-state index in [-0.39, 0.29) is 19.2 Å². The zero-order valence-corrected chi connectivity index (χ0v) is 21.6. The Bertz CT molecular complexity index is 386. The van der Waals surface area contributed by atoms with E-state index < -0.39 is 6.10 Å². The molecule has 32 heavy (non-hydrogen) atoms. The minimum absolute atomic E-state index is 0.103. The summed E-state index contributed by atoms with van der Waals surface area (Å²) in [6.45, 7) is 4.21. The second-order valence-corrected chi connectivity index (χ2v) is 9.94. The smallest absolute Gasteiger partial charge is 0.305 e. The maximum absolute atomic E-state index is 11.5. The molecule has 2 N–H and O–H groups in total. The van der Waals surface area contributed by atoms with Crippen LogP contribution >= 0.6 is 0 Å². The number of aliphatic hydroxyl groups is 2. The van der Waals surface area contributed by atoms with Crippen molar-refractivity contribution in [1.82, 2.24) is 0 Å². The summed E-state index contributed by atoms with van der Waals surface area (Å²) in [6.07, 6.45) is 26.3. The van der Waals surface area contributed by atoms with E-state index in [0.717, 1.165) is 18.8 Å². The van der Waals surface area contributed by atoms with E-state index in [1.165, 1.54) is 116 Å². The maximum atomic E-state index is 11.5. The molecule has 0 fully saturated rings. The number of unbranched alkanes of at least 4 members (excludes halogenated alkanes) is 17. The molecule has 0 spiro atoms. The van der Waals surface area contributed by atoms with Crippen LogP contribution in [0.1, 0.15) is 149 Å². The van der Waals surface area contributed by atoms with Crippen LogP contribution in [-0.2, 0) is 9.53 Å². The average Bonchev–Trinajstić information content (AvgIpc) is 2.80. The summed E-state index contributed by atoms with van der Waals surface area (Å²) in [7, 11) is 0. The second kappa shape index (κ2) is 25.0. The molecule has 0 bridgehead atoms. The van der Waals surface area contributed by atoms with E-state index in [9.17, 15) is 4.79 Å². The van der Waals surface area contributed by atoms with E-state index >= 15 is 0 Å². The van der Waals surface area contributed by atoms with Gasteiger partial charge in [-0.3, -0.25) is 4.79 Å². The third kappa shape index (κ3) is 24.0. The molecule has 4 nitrogen and oxygen atoms in total. The molecule has 0 radical (unpaired) electrons. The van der Waals surface area contributed by atoms with Gasteiger partial charge in [-0.25, -0.2) is 0 Å². The van der Waals surface area contributed by atoms with E-state index in [4.69, 9.17) is 14.9 Å². The number of ether oxygens (including phenoxy) is 1. The van der Waals surface area contributed by atoms with E-state index in [1.807, 2.05) is 0 Å². The van der Waals surface area contributed by atoms with Gasteiger partial charge >= 0.3 is 5.97 Å². The third-order valence-corrected chi connectivity index (χ3v) is 6.67. The second-order valence-electron chi connectivity index (χ2n) is 9.94. The van der Waals surface area contributed by atoms with Crippen molar-refractivity contribution in [2.24, 2.45) is 5.92 Å². The van der Waals surface area contributed by atoms with E-state index in [1.54, 1.807) is 0 Å². The van der Waals surface area contributed by atoms with Gasteiger partial charge in [0.15, 0.2) is 0 Å². The Labute approximate surface area is 199 Å². The lowest BCUT2D eigenvalue weighted by Gasteiger charge is -2.08. The number of aliphatic hydroxyl groups excluding tert-OH is 2. The Morgan fingerprint density at radius 3 is 1.44 bits per heavy atom. The topological polar surface area (TPSA) is 66.8 Å². The fourth-order valence-corrected chi connectivity index (χ4v) is 4.11. The van der Waals surface area contributed by atoms with Gasteiger partial charge in [0.25, 0.3) is 0 Å². The van der Waals surface area contributed by atoms with Crippen molar-refractivity contribution in [3.63, 3.8) is 0 Å². The zero-order chi connectivity index (χ0) is 23.7. The van der Waals surface area contributed by atoms with Crippen molar-refractivity contribution < 1.29 is 19.7 Å². The first-order valence-electron chi connectivity index (χ1n) is 14.0. The number of esters is 1. The van der Waals surface area contributed by atoms with Gasteiger partial charge < -0.3 is 14.9 Å². The van der Waals surface area contributed by atoms with Gasteiger partial charge in [-0.05, 0) is 12.3 Å². The first-order chi connectivity index (χ1) is 15.6. The van der Waals surface area contributed by atoms with Crippen molar-refractivity contribution in [1.29, 1.82) is 0 Å². The SMILES string of the molecule is CCC(C)CCCCCCCCCCCCCCCCCCCCC(=O)OC[C@H](O)CO. The molecule has 0 rings (SSSR count). The molecule has 4 heteroatoms. The Balaban J connectivity index is 3.13. The van der Waals surface area contributed by atoms with Crippen LogP contribution in [0.2, 0.25) is 0 Å². The van der Waals surface area contributed by atoms with Crippen LogP contribution in [0.5, 0.6) is 0 Å². The highest BCUT2D eigenvalue weighted by Crippen LogP contribution is 2.16. The van der Waals surface area contributed by atoms with Gasteiger partial charge in [-0.2, -0.15) is 0 Å². The van der Waals surface area contributed by atoms with Crippen LogP contribution in [-0.4, -0.2) is 35.5 Å². The highest BCUT2D eigenvalue weighted by atomic mass is 16.5. The molecule has 0 aliphatic rings. The molecule has 0 aliphatic carbocycles. The zero-order valence-electron chi connectivity index (χ0n) is 21.6. The third-order valence-electron chi connectivity index (χ3n) is 6.67. The van der Waals surface area contributed by atoms with Crippen LogP contribution in [0.25, 0.3) is 0 Å². The summed E-state index contributed by atoms with van der Waals surface area (Å²) < 4.78 is 4.89. The molecule has 192 valence electrons. The van der Waals surface area contributed by atoms with Gasteiger partial charge in [0, 0.05) is 6.42 Å². The molecular formula is C28H56O4. The molecule has 0 amide bonds. The van der Waals surface area contributed by atoms with E-state index in [2.05, 4.69) is 13.8 Å². The number of hydrogen-bond donors (Lipinski definition) is 2. The van der Waals surface area contributed by atoms with Crippen molar-refractivity contribution in [3.8, 4) is 0 Å². The minimum Gasteiger partial charge on any atom is -0.463 e. The van der Waals surface area contributed by atoms with Crippen molar-refractivity contribution in [3.05, 3.63) is 0 Å². The van der Waals surface area contributed by atoms with Crippen LogP contribution in [0.15, 0.2) is 0 Å². The Morgan fingerprint density at radius 1 is 0.688 bits per heavy atom. The maximum Gasteiger partial charge on any atom is 0.305 e. The monoisotopic (exact) mass is 456 g/mol. The Kier molecular flexibility index (Phi) is 24.5. The average molecular weight is 457 g/mol. The lowest BCUT2D eigenvalue weighted by Crippen LogP contribution is -2.21. The summed E-state index contributed by atoms with van der Waals surface area (Å²) in [6, 6.07) is 0. The molecule has 1 unspecified atom stereocenters. The minimum atomic E-state index is -0.956. The summed E-state index contributed by atoms with van der Waals surface area (Å²) in [4.78, 5) is 11.5. The number of carbonyl (C=O) groups excluding carboxylic acids is 1. The molecule has 0 saturated heterocycles. The fourth-order valence-electron chi connectivity index (χ4n) is 4.11. The predicted molar refractivity (Wildman–Crippen MR) is 136 cm³/mol. The van der Waals surface area contributed by atoms with Crippen LogP contribution in [0.3, 0.4) is 0 Å². The largest absolute Gasteiger partial charge is 0.463 e. The van der Waals surface area contributed by atoms with Crippen LogP contribution in [0, 0.1) is 5.92 Å². The molecule has 0 aromatic heterocycles. The van der Waals surface area contributed by atoms with E-state index in [0.29, 0.717) is 6.42 Å². The summed E-state index contributed by atoms with van der Waals surface area (Å²) in [5, 5.41) is 17.8. The number of hydrogen-bond acceptors (Lipinski definition) is 4. The number of rotatable bonds is 25. The highest BCUT2D eigenvalue weighted by molar-refractivity contribution is 5.69. The normalized spacial score (nSPS) is 13.2. The lowest BCUT2D eigenvalue weighted by molar-refractivity contribution is -0.147. The van der Waals surface area contributed by atoms with Gasteiger partial charge in [0.1, 0.15) is 12.7 Å². The molecule has 0 heterocycles. The summed E-state index contributed by atoms with van der Waals surface area (Å²) >= 11 is 0. The first kappa shape index (κ1) is 31.4. The molecule has 0 aliphatic heterocycles. The summed E-state index contributed by atoms with van der Waals surface area (Å²) in [5.41, 5.74) is 0. The van der Waals surface area contributed by atoms with Gasteiger partial charge in [0.05, 0.1) is 6.61 Å². The van der Waals surface area contributed by atoms with Gasteiger partial charge in [0.2, 0.25) is 0 Å². The summed E-state index contributed by atoms with van der Waals surface area (Å²) in [5.74, 6) is 0.649. The van der Waals surface area contributed by atoms with Crippen LogP contribution in [0.4, 0.5) is 0 Å². The Hall–Kier alpha value is -0.610. The standard InChI is InChI=1S/C28H56O4/c1-3-26(2)22-20-18-16-14-12-10-8-6-4-5-7-9-11-13-15-17-19-21-23-28(31)32-25-27(30)24-29/h26-27,29-30H,3-25H2,1-2H3/t26?,27-/m1/s1. The Morgan fingerprint density at radius 2 is 1.06 bits per heavy atom. The van der Waals surface area contributed by atoms with Crippen LogP contribution < -0.4 is 0 Å². The van der Waals surface area contributed by atoms with Crippen molar-refractivity contribution in [2.75, 3.05) is 13.2 Å². The molecule has 0 aromatic rings. The highest BCUT2D eigenvalue weighted by Gasteiger charge is 2.07. The lowest BCUT2D eigenvalue weighted by atomic mass is 9.99. The molecule has 2 atom stereocenters. The molecule has 0 saturated carbocycles.